The number of halogens is 1. The van der Waals surface area contributed by atoms with Gasteiger partial charge in [0, 0.05) is 12.1 Å². The normalized spacial score (nSPS) is 13.0. The van der Waals surface area contributed by atoms with E-state index < -0.39 is 0 Å². The van der Waals surface area contributed by atoms with E-state index in [4.69, 9.17) is 9.84 Å². The van der Waals surface area contributed by atoms with Gasteiger partial charge in [-0.2, -0.15) is 5.10 Å². The first kappa shape index (κ1) is 21.9. The van der Waals surface area contributed by atoms with Crippen molar-refractivity contribution in [2.45, 2.75) is 26.3 Å². The van der Waals surface area contributed by atoms with Gasteiger partial charge in [-0.05, 0) is 74.2 Å². The van der Waals surface area contributed by atoms with E-state index in [0.29, 0.717) is 36.2 Å². The second kappa shape index (κ2) is 9.51. The van der Waals surface area contributed by atoms with Crippen LogP contribution in [0.3, 0.4) is 0 Å². The number of aryl methyl sites for hydroxylation is 1. The smallest absolute Gasteiger partial charge is 0.254 e. The van der Waals surface area contributed by atoms with Crippen molar-refractivity contribution in [2.75, 3.05) is 6.54 Å². The molecule has 0 spiro atoms. The Hall–Kier alpha value is -3.93. The molecule has 1 aliphatic rings. The fraction of sp³-hybridized carbons (Fsp3) is 0.214. The minimum Gasteiger partial charge on any atom is -0.439 e. The van der Waals surface area contributed by atoms with Crippen LogP contribution in [-0.2, 0) is 6.54 Å². The van der Waals surface area contributed by atoms with Crippen LogP contribution in [-0.4, -0.2) is 27.1 Å². The summed E-state index contributed by atoms with van der Waals surface area (Å²) in [5.41, 5.74) is 2.99. The Morgan fingerprint density at radius 3 is 2.29 bits per heavy atom. The number of aromatic nitrogens is 2. The predicted octanol–water partition coefficient (Wildman–Crippen LogP) is 6.16. The summed E-state index contributed by atoms with van der Waals surface area (Å²) in [6.45, 7) is 2.94. The first-order chi connectivity index (χ1) is 16.6. The summed E-state index contributed by atoms with van der Waals surface area (Å²) in [5, 5.41) is 4.77. The zero-order chi connectivity index (χ0) is 23.5. The Balaban J connectivity index is 1.53. The zero-order valence-electron chi connectivity index (χ0n) is 19.0. The van der Waals surface area contributed by atoms with Gasteiger partial charge in [-0.25, -0.2) is 9.07 Å². The van der Waals surface area contributed by atoms with Gasteiger partial charge in [0.1, 0.15) is 11.6 Å². The van der Waals surface area contributed by atoms with Crippen LogP contribution in [0.2, 0.25) is 0 Å². The number of carbonyl (C=O) groups is 1. The van der Waals surface area contributed by atoms with Gasteiger partial charge in [0.05, 0.1) is 23.5 Å². The molecule has 3 aromatic carbocycles. The van der Waals surface area contributed by atoms with Crippen LogP contribution in [0.25, 0.3) is 5.69 Å². The number of nitrogens with zero attached hydrogens (tertiary/aromatic N) is 3. The summed E-state index contributed by atoms with van der Waals surface area (Å²) in [5.74, 6) is 1.29. The number of para-hydroxylation sites is 2. The summed E-state index contributed by atoms with van der Waals surface area (Å²) in [6, 6.07) is 25.1. The average molecular weight is 456 g/mol. The van der Waals surface area contributed by atoms with Crippen molar-refractivity contribution >= 4 is 5.91 Å². The first-order valence-electron chi connectivity index (χ1n) is 11.5. The summed E-state index contributed by atoms with van der Waals surface area (Å²) in [4.78, 5) is 15.3. The monoisotopic (exact) mass is 455 g/mol. The lowest BCUT2D eigenvalue weighted by molar-refractivity contribution is 0.0733. The van der Waals surface area contributed by atoms with Crippen molar-refractivity contribution in [1.82, 2.24) is 14.7 Å². The minimum atomic E-state index is -0.358. The summed E-state index contributed by atoms with van der Waals surface area (Å²) < 4.78 is 21.6. The number of benzene rings is 3. The van der Waals surface area contributed by atoms with Crippen LogP contribution in [0, 0.1) is 18.7 Å². The van der Waals surface area contributed by atoms with Crippen LogP contribution in [0.4, 0.5) is 4.39 Å². The molecule has 1 aromatic heterocycles. The lowest BCUT2D eigenvalue weighted by Crippen LogP contribution is -2.32. The number of hydrogen-bond acceptors (Lipinski definition) is 3. The Labute approximate surface area is 198 Å². The number of hydrogen-bond donors (Lipinski definition) is 0. The first-order valence-corrected chi connectivity index (χ1v) is 11.5. The molecule has 5 nitrogen and oxygen atoms in total. The third kappa shape index (κ3) is 4.86. The molecule has 4 aromatic rings. The average Bonchev–Trinajstić information content (AvgIpc) is 3.64. The van der Waals surface area contributed by atoms with Gasteiger partial charge in [-0.15, -0.1) is 0 Å². The standard InChI is InChI=1S/C28H26FN3O2/c1-20-26(19-31(18-21-12-13-21)27(33)22-14-16-23(29)17-15-22)28(34-25-10-6-3-7-11-25)32(30-20)24-8-4-2-5-9-24/h2-11,14-17,21H,12-13,18-19H2,1H3. The number of ether oxygens (including phenoxy) is 1. The molecule has 172 valence electrons. The molecular formula is C28H26FN3O2. The van der Waals surface area contributed by atoms with Gasteiger partial charge in [0.15, 0.2) is 0 Å². The predicted molar refractivity (Wildman–Crippen MR) is 129 cm³/mol. The Kier molecular flexibility index (Phi) is 6.12. The molecule has 6 heteroatoms. The highest BCUT2D eigenvalue weighted by Crippen LogP contribution is 2.34. The fourth-order valence-electron chi connectivity index (χ4n) is 3.97. The second-order valence-corrected chi connectivity index (χ2v) is 8.67. The number of amides is 1. The van der Waals surface area contributed by atoms with Crippen LogP contribution in [0.15, 0.2) is 84.9 Å². The molecule has 1 aliphatic carbocycles. The third-order valence-electron chi connectivity index (χ3n) is 6.00. The van der Waals surface area contributed by atoms with E-state index in [9.17, 15) is 9.18 Å². The van der Waals surface area contributed by atoms with E-state index in [1.165, 1.54) is 12.1 Å². The van der Waals surface area contributed by atoms with Crippen molar-refractivity contribution in [2.24, 2.45) is 5.92 Å². The van der Waals surface area contributed by atoms with Gasteiger partial charge in [-0.3, -0.25) is 4.79 Å². The van der Waals surface area contributed by atoms with Gasteiger partial charge >= 0.3 is 0 Å². The molecule has 5 rings (SSSR count). The molecule has 0 unspecified atom stereocenters. The maximum absolute atomic E-state index is 13.4. The van der Waals surface area contributed by atoms with Crippen molar-refractivity contribution < 1.29 is 13.9 Å². The Bertz CT molecular complexity index is 1270. The molecule has 0 aliphatic heterocycles. The summed E-state index contributed by atoms with van der Waals surface area (Å²) in [6.07, 6.45) is 2.23. The van der Waals surface area contributed by atoms with Crippen LogP contribution in [0.5, 0.6) is 11.6 Å². The summed E-state index contributed by atoms with van der Waals surface area (Å²) >= 11 is 0. The molecule has 0 saturated heterocycles. The molecule has 1 saturated carbocycles. The summed E-state index contributed by atoms with van der Waals surface area (Å²) in [7, 11) is 0. The second-order valence-electron chi connectivity index (χ2n) is 8.67. The SMILES string of the molecule is Cc1nn(-c2ccccc2)c(Oc2ccccc2)c1CN(CC1CC1)C(=O)c1ccc(F)cc1. The van der Waals surface area contributed by atoms with Gasteiger partial charge in [0.2, 0.25) is 5.88 Å². The molecule has 0 N–H and O–H groups in total. The molecule has 34 heavy (non-hydrogen) atoms. The van der Waals surface area contributed by atoms with Crippen molar-refractivity contribution in [3.8, 4) is 17.3 Å². The van der Waals surface area contributed by atoms with E-state index in [1.54, 1.807) is 16.8 Å². The quantitative estimate of drug-likeness (QED) is 0.319. The Morgan fingerprint density at radius 2 is 1.65 bits per heavy atom. The van der Waals surface area contributed by atoms with Crippen LogP contribution < -0.4 is 4.74 Å². The molecule has 1 fully saturated rings. The van der Waals surface area contributed by atoms with Crippen molar-refractivity contribution in [3.63, 3.8) is 0 Å². The van der Waals surface area contributed by atoms with E-state index in [1.807, 2.05) is 72.5 Å². The highest BCUT2D eigenvalue weighted by Gasteiger charge is 2.30. The fourth-order valence-corrected chi connectivity index (χ4v) is 3.97. The zero-order valence-corrected chi connectivity index (χ0v) is 19.0. The molecule has 1 amide bonds. The lowest BCUT2D eigenvalue weighted by Gasteiger charge is -2.23. The van der Waals surface area contributed by atoms with Gasteiger partial charge < -0.3 is 9.64 Å². The van der Waals surface area contributed by atoms with Crippen molar-refractivity contribution in [3.05, 3.63) is 108 Å². The van der Waals surface area contributed by atoms with Crippen LogP contribution in [0.1, 0.15) is 34.5 Å². The maximum atomic E-state index is 13.4. The lowest BCUT2D eigenvalue weighted by atomic mass is 10.1. The van der Waals surface area contributed by atoms with Crippen LogP contribution >= 0.6 is 0 Å². The highest BCUT2D eigenvalue weighted by molar-refractivity contribution is 5.94. The highest BCUT2D eigenvalue weighted by atomic mass is 19.1. The number of carbonyl (C=O) groups excluding carboxylic acids is 1. The molecule has 1 heterocycles. The van der Waals surface area contributed by atoms with Crippen molar-refractivity contribution in [1.29, 1.82) is 0 Å². The Morgan fingerprint density at radius 1 is 1.00 bits per heavy atom. The minimum absolute atomic E-state index is 0.121. The topological polar surface area (TPSA) is 47.4 Å². The van der Waals surface area contributed by atoms with Gasteiger partial charge in [-0.1, -0.05) is 36.4 Å². The largest absolute Gasteiger partial charge is 0.439 e. The molecule has 0 bridgehead atoms. The van der Waals surface area contributed by atoms with E-state index in [2.05, 4.69) is 0 Å². The number of rotatable bonds is 8. The van der Waals surface area contributed by atoms with E-state index in [-0.39, 0.29) is 11.7 Å². The van der Waals surface area contributed by atoms with Gasteiger partial charge in [0.25, 0.3) is 5.91 Å². The van der Waals surface area contributed by atoms with E-state index >= 15 is 0 Å². The third-order valence-corrected chi connectivity index (χ3v) is 6.00. The molecule has 0 radical (unpaired) electrons. The molecular weight excluding hydrogens is 429 g/mol. The maximum Gasteiger partial charge on any atom is 0.254 e. The molecule has 0 atom stereocenters. The van der Waals surface area contributed by atoms with E-state index in [0.717, 1.165) is 29.8 Å².